The van der Waals surface area contributed by atoms with Gasteiger partial charge >= 0.3 is 5.69 Å². The highest BCUT2D eigenvalue weighted by Gasteiger charge is 2.32. The topological polar surface area (TPSA) is 133 Å². The van der Waals surface area contributed by atoms with Crippen LogP contribution in [0, 0.1) is 0 Å². The predicted octanol–water partition coefficient (Wildman–Crippen LogP) is 0.682. The van der Waals surface area contributed by atoms with Gasteiger partial charge in [0.1, 0.15) is 5.65 Å². The van der Waals surface area contributed by atoms with Crippen LogP contribution in [0.3, 0.4) is 0 Å². The molecule has 1 saturated heterocycles. The summed E-state index contributed by atoms with van der Waals surface area (Å²) in [6.07, 6.45) is 0.853. The fourth-order valence-electron chi connectivity index (χ4n) is 4.01. The fourth-order valence-corrected chi connectivity index (χ4v) is 5.65. The number of carbonyl (C=O) groups is 1. The van der Waals surface area contributed by atoms with Gasteiger partial charge in [-0.2, -0.15) is 4.31 Å². The number of amides is 1. The number of morpholine rings is 1. The Morgan fingerprint density at radius 2 is 1.76 bits per heavy atom. The fraction of sp³-hybridized carbons (Fsp3) is 0.364. The lowest BCUT2D eigenvalue weighted by Crippen LogP contribution is -2.48. The highest BCUT2D eigenvalue weighted by molar-refractivity contribution is 7.89. The lowest BCUT2D eigenvalue weighted by molar-refractivity contribution is -0.0440. The average molecular weight is 488 g/mol. The van der Waals surface area contributed by atoms with Gasteiger partial charge in [0.25, 0.3) is 11.5 Å². The summed E-state index contributed by atoms with van der Waals surface area (Å²) >= 11 is 0. The third kappa shape index (κ3) is 4.27. The predicted molar refractivity (Wildman–Crippen MR) is 125 cm³/mol. The molecule has 3 aromatic rings. The number of aromatic nitrogens is 3. The number of benzene rings is 1. The van der Waals surface area contributed by atoms with Crippen LogP contribution in [0.4, 0.5) is 5.69 Å². The molecule has 1 amide bonds. The first-order valence-corrected chi connectivity index (χ1v) is 12.1. The Hall–Kier alpha value is -3.35. The van der Waals surface area contributed by atoms with E-state index in [1.54, 1.807) is 0 Å². The van der Waals surface area contributed by atoms with Gasteiger partial charge in [-0.3, -0.25) is 18.7 Å². The molecule has 0 spiro atoms. The largest absolute Gasteiger partial charge is 0.373 e. The van der Waals surface area contributed by atoms with Crippen molar-refractivity contribution in [3.05, 3.63) is 62.9 Å². The highest BCUT2D eigenvalue weighted by atomic mass is 32.2. The highest BCUT2D eigenvalue weighted by Crippen LogP contribution is 2.22. The summed E-state index contributed by atoms with van der Waals surface area (Å²) in [4.78, 5) is 41.6. The number of hydrogen-bond acceptors (Lipinski definition) is 7. The van der Waals surface area contributed by atoms with Crippen LogP contribution >= 0.6 is 0 Å². The van der Waals surface area contributed by atoms with Crippen molar-refractivity contribution < 1.29 is 17.9 Å². The maximum absolute atomic E-state index is 13.2. The maximum atomic E-state index is 13.2. The molecule has 4 rings (SSSR count). The molecular weight excluding hydrogens is 462 g/mol. The summed E-state index contributed by atoms with van der Waals surface area (Å²) in [6.45, 7) is 4.07. The van der Waals surface area contributed by atoms with E-state index in [1.807, 2.05) is 13.8 Å². The van der Waals surface area contributed by atoms with E-state index in [-0.39, 0.29) is 52.5 Å². The molecule has 2 aromatic heterocycles. The number of anilines is 1. The summed E-state index contributed by atoms with van der Waals surface area (Å²) in [5, 5.41) is 2.80. The lowest BCUT2D eigenvalue weighted by atomic mass is 10.2. The van der Waals surface area contributed by atoms with E-state index in [4.69, 9.17) is 4.74 Å². The smallest absolute Gasteiger partial charge is 0.332 e. The zero-order valence-corrected chi connectivity index (χ0v) is 20.0. The molecule has 0 radical (unpaired) electrons. The summed E-state index contributed by atoms with van der Waals surface area (Å²) in [7, 11) is -0.965. The zero-order valence-electron chi connectivity index (χ0n) is 19.2. The van der Waals surface area contributed by atoms with E-state index in [0.29, 0.717) is 0 Å². The van der Waals surface area contributed by atoms with Crippen molar-refractivity contribution in [3.63, 3.8) is 0 Å². The average Bonchev–Trinajstić information content (AvgIpc) is 2.80. The molecule has 0 bridgehead atoms. The summed E-state index contributed by atoms with van der Waals surface area (Å²) < 4.78 is 35.5. The van der Waals surface area contributed by atoms with E-state index in [0.717, 1.165) is 4.57 Å². The minimum Gasteiger partial charge on any atom is -0.373 e. The first kappa shape index (κ1) is 23.8. The van der Waals surface area contributed by atoms with E-state index in [1.165, 1.54) is 59.5 Å². The molecule has 180 valence electrons. The molecule has 1 N–H and O–H groups in total. The molecule has 1 aliphatic rings. The van der Waals surface area contributed by atoms with E-state index < -0.39 is 27.2 Å². The van der Waals surface area contributed by atoms with Crippen LogP contribution < -0.4 is 16.6 Å². The van der Waals surface area contributed by atoms with Gasteiger partial charge in [-0.25, -0.2) is 18.2 Å². The van der Waals surface area contributed by atoms with Crippen LogP contribution in [-0.4, -0.2) is 58.0 Å². The van der Waals surface area contributed by atoms with Gasteiger partial charge in [-0.1, -0.05) is 6.07 Å². The zero-order chi connectivity index (χ0) is 24.8. The van der Waals surface area contributed by atoms with Gasteiger partial charge in [0, 0.05) is 32.7 Å². The summed E-state index contributed by atoms with van der Waals surface area (Å²) in [5.41, 5.74) is -0.498. The number of pyridine rings is 1. The van der Waals surface area contributed by atoms with Gasteiger partial charge in [-0.05, 0) is 38.1 Å². The molecule has 3 heterocycles. The molecule has 12 heteroatoms. The quantitative estimate of drug-likeness (QED) is 0.572. The van der Waals surface area contributed by atoms with E-state index in [9.17, 15) is 22.8 Å². The van der Waals surface area contributed by atoms with Gasteiger partial charge < -0.3 is 10.1 Å². The van der Waals surface area contributed by atoms with Gasteiger partial charge in [0.2, 0.25) is 10.0 Å². The second-order valence-electron chi connectivity index (χ2n) is 8.36. The van der Waals surface area contributed by atoms with Gasteiger partial charge in [0.05, 0.1) is 34.4 Å². The Morgan fingerprint density at radius 1 is 1.09 bits per heavy atom. The molecule has 2 unspecified atom stereocenters. The number of nitrogens with one attached hydrogen (secondary N) is 1. The van der Waals surface area contributed by atoms with E-state index in [2.05, 4.69) is 10.3 Å². The third-order valence-corrected chi connectivity index (χ3v) is 7.50. The monoisotopic (exact) mass is 487 g/mol. The van der Waals surface area contributed by atoms with Crippen LogP contribution in [0.15, 0.2) is 51.0 Å². The molecule has 11 nitrogen and oxygen atoms in total. The summed E-state index contributed by atoms with van der Waals surface area (Å²) in [6, 6.07) is 7.18. The van der Waals surface area contributed by atoms with Crippen LogP contribution in [0.5, 0.6) is 0 Å². The summed E-state index contributed by atoms with van der Waals surface area (Å²) in [5.74, 6) is -0.566. The number of aryl methyl sites for hydroxylation is 1. The lowest BCUT2D eigenvalue weighted by Gasteiger charge is -2.34. The molecule has 34 heavy (non-hydrogen) atoms. The van der Waals surface area contributed by atoms with Crippen molar-refractivity contribution >= 4 is 32.7 Å². The Kier molecular flexibility index (Phi) is 6.14. The van der Waals surface area contributed by atoms with Crippen LogP contribution in [0.1, 0.15) is 24.2 Å². The Labute approximate surface area is 195 Å². The number of fused-ring (bicyclic) bond motifs is 1. The second-order valence-corrected chi connectivity index (χ2v) is 10.3. The van der Waals surface area contributed by atoms with Crippen molar-refractivity contribution in [2.24, 2.45) is 14.1 Å². The number of rotatable bonds is 4. The minimum atomic E-state index is -3.82. The molecular formula is C22H25N5O6S. The van der Waals surface area contributed by atoms with Gasteiger partial charge in [-0.15, -0.1) is 0 Å². The van der Waals surface area contributed by atoms with Crippen molar-refractivity contribution in [2.75, 3.05) is 18.4 Å². The molecule has 0 aliphatic carbocycles. The molecule has 0 saturated carbocycles. The Morgan fingerprint density at radius 3 is 2.44 bits per heavy atom. The van der Waals surface area contributed by atoms with Crippen molar-refractivity contribution in [1.82, 2.24) is 18.4 Å². The first-order valence-electron chi connectivity index (χ1n) is 10.6. The number of carbonyl (C=O) groups excluding carboxylic acids is 1. The van der Waals surface area contributed by atoms with E-state index >= 15 is 0 Å². The third-order valence-electron chi connectivity index (χ3n) is 5.67. The molecule has 1 aliphatic heterocycles. The minimum absolute atomic E-state index is 0.00181. The van der Waals surface area contributed by atoms with Crippen LogP contribution in [-0.2, 0) is 28.9 Å². The standard InChI is InChI=1S/C22H25N5O6S/c1-13-11-27(12-14(2)33-13)34(31,32)17-7-5-6-15(8-17)20(28)24-16-9-18-19(23-10-16)25(3)22(30)26(4)21(18)29/h5-10,13-14H,11-12H2,1-4H3,(H,24,28). The van der Waals surface area contributed by atoms with Crippen molar-refractivity contribution in [3.8, 4) is 0 Å². The normalized spacial score (nSPS) is 19.3. The van der Waals surface area contributed by atoms with Crippen LogP contribution in [0.2, 0.25) is 0 Å². The molecule has 2 atom stereocenters. The Balaban J connectivity index is 1.63. The van der Waals surface area contributed by atoms with Gasteiger partial charge in [0.15, 0.2) is 0 Å². The maximum Gasteiger partial charge on any atom is 0.332 e. The SMILES string of the molecule is CC1CN(S(=O)(=O)c2cccc(C(=O)Nc3cnc4c(c3)c(=O)n(C)c(=O)n4C)c2)CC(C)O1. The Bertz CT molecular complexity index is 1500. The number of ether oxygens (including phenoxy) is 1. The van der Waals surface area contributed by atoms with Crippen molar-refractivity contribution in [2.45, 2.75) is 31.0 Å². The number of nitrogens with zero attached hydrogens (tertiary/aromatic N) is 4. The van der Waals surface area contributed by atoms with Crippen LogP contribution in [0.25, 0.3) is 11.0 Å². The molecule has 1 fully saturated rings. The second kappa shape index (κ2) is 8.78. The molecule has 1 aromatic carbocycles. The first-order chi connectivity index (χ1) is 16.0. The number of hydrogen-bond donors (Lipinski definition) is 1. The van der Waals surface area contributed by atoms with Crippen molar-refractivity contribution in [1.29, 1.82) is 0 Å². The number of sulfonamides is 1.